The van der Waals surface area contributed by atoms with Gasteiger partial charge in [0.2, 0.25) is 0 Å². The van der Waals surface area contributed by atoms with Crippen molar-refractivity contribution in [1.82, 2.24) is 0 Å². The van der Waals surface area contributed by atoms with E-state index < -0.39 is 0 Å². The van der Waals surface area contributed by atoms with Crippen molar-refractivity contribution >= 4 is 0 Å². The zero-order valence-electron chi connectivity index (χ0n) is 18.4. The number of nitrogens with zero attached hydrogens (tertiary/aromatic N) is 1. The normalized spacial score (nSPS) is 28.0. The summed E-state index contributed by atoms with van der Waals surface area (Å²) in [5.41, 5.74) is 3.08. The van der Waals surface area contributed by atoms with Gasteiger partial charge >= 0.3 is 0 Å². The summed E-state index contributed by atoms with van der Waals surface area (Å²) in [6.45, 7) is 2.26. The minimum absolute atomic E-state index is 0.806. The summed E-state index contributed by atoms with van der Waals surface area (Å²) in [6.07, 6.45) is 24.0. The van der Waals surface area contributed by atoms with Crippen LogP contribution in [0.1, 0.15) is 94.6 Å². The zero-order valence-corrected chi connectivity index (χ0v) is 18.4. The number of nitriles is 1. The topological polar surface area (TPSA) is 23.8 Å². The molecule has 3 rings (SSSR count). The molecule has 1 heteroatoms. The van der Waals surface area contributed by atoms with E-state index in [1.54, 1.807) is 5.56 Å². The van der Waals surface area contributed by atoms with Crippen LogP contribution in [0.25, 0.3) is 0 Å². The van der Waals surface area contributed by atoms with Crippen molar-refractivity contribution in [1.29, 1.82) is 5.26 Å². The highest BCUT2D eigenvalue weighted by Gasteiger charge is 2.31. The third-order valence-electron chi connectivity index (χ3n) is 7.48. The molecule has 2 fully saturated rings. The van der Waals surface area contributed by atoms with Crippen LogP contribution in [0.2, 0.25) is 0 Å². The van der Waals surface area contributed by atoms with Gasteiger partial charge in [-0.15, -0.1) is 0 Å². The fraction of sp³-hybridized carbons (Fsp3) is 0.607. The number of allylic oxidation sites excluding steroid dienone is 4. The quantitative estimate of drug-likeness (QED) is 0.325. The average Bonchev–Trinajstić information content (AvgIpc) is 2.78. The van der Waals surface area contributed by atoms with E-state index in [4.69, 9.17) is 5.26 Å². The van der Waals surface area contributed by atoms with Gasteiger partial charge in [-0.25, -0.2) is 0 Å². The fourth-order valence-electron chi connectivity index (χ4n) is 5.72. The lowest BCUT2D eigenvalue weighted by Crippen LogP contribution is -2.25. The molecule has 2 saturated carbocycles. The Morgan fingerprint density at radius 1 is 0.897 bits per heavy atom. The second-order valence-corrected chi connectivity index (χ2v) is 9.38. The van der Waals surface area contributed by atoms with Gasteiger partial charge in [-0.1, -0.05) is 68.7 Å². The van der Waals surface area contributed by atoms with E-state index in [2.05, 4.69) is 37.3 Å². The van der Waals surface area contributed by atoms with Crippen molar-refractivity contribution in [2.24, 2.45) is 17.8 Å². The molecule has 2 aliphatic rings. The van der Waals surface area contributed by atoms with Crippen molar-refractivity contribution in [3.63, 3.8) is 0 Å². The summed E-state index contributed by atoms with van der Waals surface area (Å²) in [4.78, 5) is 0. The maximum Gasteiger partial charge on any atom is 0.0912 e. The average molecular weight is 390 g/mol. The summed E-state index contributed by atoms with van der Waals surface area (Å²) in [7, 11) is 0. The number of benzene rings is 1. The van der Waals surface area contributed by atoms with Crippen molar-refractivity contribution < 1.29 is 0 Å². The van der Waals surface area contributed by atoms with Gasteiger partial charge in [0.1, 0.15) is 0 Å². The van der Waals surface area contributed by atoms with Crippen LogP contribution in [-0.4, -0.2) is 0 Å². The van der Waals surface area contributed by atoms with Crippen LogP contribution in [-0.2, 0) is 6.42 Å². The molecule has 0 N–H and O–H groups in total. The van der Waals surface area contributed by atoms with Crippen molar-refractivity contribution in [2.45, 2.75) is 89.9 Å². The van der Waals surface area contributed by atoms with E-state index >= 15 is 0 Å². The van der Waals surface area contributed by atoms with E-state index in [9.17, 15) is 0 Å². The first-order chi connectivity index (χ1) is 14.3. The summed E-state index contributed by atoms with van der Waals surface area (Å²) in [6, 6.07) is 11.6. The molecule has 0 radical (unpaired) electrons. The largest absolute Gasteiger partial charge is 0.193 e. The molecule has 1 aromatic rings. The summed E-state index contributed by atoms with van der Waals surface area (Å²) in [5.74, 6) is 3.71. The summed E-state index contributed by atoms with van der Waals surface area (Å²) < 4.78 is 0. The predicted molar refractivity (Wildman–Crippen MR) is 124 cm³/mol. The van der Waals surface area contributed by atoms with E-state index in [1.165, 1.54) is 82.3 Å². The van der Waals surface area contributed by atoms with Gasteiger partial charge in [0.25, 0.3) is 0 Å². The lowest BCUT2D eigenvalue weighted by molar-refractivity contribution is 0.157. The highest BCUT2D eigenvalue weighted by molar-refractivity contribution is 5.26. The van der Waals surface area contributed by atoms with Gasteiger partial charge in [-0.2, -0.15) is 5.26 Å². The van der Waals surface area contributed by atoms with Crippen LogP contribution in [0.3, 0.4) is 0 Å². The monoisotopic (exact) mass is 389 g/mol. The Kier molecular flexibility index (Phi) is 9.07. The molecule has 0 bridgehead atoms. The smallest absolute Gasteiger partial charge is 0.0912 e. The Hall–Kier alpha value is -1.81. The molecule has 1 aromatic carbocycles. The van der Waals surface area contributed by atoms with Gasteiger partial charge in [-0.3, -0.25) is 0 Å². The Morgan fingerprint density at radius 3 is 2.17 bits per heavy atom. The molecule has 2 aliphatic carbocycles. The molecule has 0 heterocycles. The lowest BCUT2D eigenvalue weighted by atomic mass is 9.68. The molecule has 0 aliphatic heterocycles. The number of rotatable bonds is 8. The zero-order chi connectivity index (χ0) is 20.3. The summed E-state index contributed by atoms with van der Waals surface area (Å²) >= 11 is 0. The summed E-state index contributed by atoms with van der Waals surface area (Å²) in [5, 5.41) is 8.49. The Morgan fingerprint density at radius 2 is 1.55 bits per heavy atom. The molecule has 0 spiro atoms. The Labute approximate surface area is 178 Å². The highest BCUT2D eigenvalue weighted by Crippen LogP contribution is 2.44. The number of hydrogen-bond donors (Lipinski definition) is 0. The van der Waals surface area contributed by atoms with E-state index in [1.807, 2.05) is 18.2 Å². The van der Waals surface area contributed by atoms with Gasteiger partial charge in [0.15, 0.2) is 0 Å². The SMILES string of the molecule is CCCc1ccc([C@H]2CC[C@H]([C@H]3CC[C@H](CCC=CC=CC#N)CC3)CC2)cc1. The van der Waals surface area contributed by atoms with Crippen LogP contribution in [0.4, 0.5) is 0 Å². The first-order valence-electron chi connectivity index (χ1n) is 12.1. The first kappa shape index (κ1) is 21.9. The maximum atomic E-state index is 8.49. The Balaban J connectivity index is 1.36. The van der Waals surface area contributed by atoms with E-state index in [0.29, 0.717) is 0 Å². The minimum atomic E-state index is 0.806. The van der Waals surface area contributed by atoms with Gasteiger partial charge in [0.05, 0.1) is 6.07 Å². The molecule has 156 valence electrons. The molecule has 0 aromatic heterocycles. The first-order valence-corrected chi connectivity index (χ1v) is 12.1. The minimum Gasteiger partial charge on any atom is -0.193 e. The maximum absolute atomic E-state index is 8.49. The fourth-order valence-corrected chi connectivity index (χ4v) is 5.72. The van der Waals surface area contributed by atoms with E-state index in [-0.39, 0.29) is 0 Å². The van der Waals surface area contributed by atoms with Crippen LogP contribution < -0.4 is 0 Å². The van der Waals surface area contributed by atoms with Crippen LogP contribution >= 0.6 is 0 Å². The molecular formula is C28H39N. The van der Waals surface area contributed by atoms with Crippen LogP contribution in [0.15, 0.2) is 48.6 Å². The molecule has 0 amide bonds. The van der Waals surface area contributed by atoms with Crippen molar-refractivity contribution in [3.8, 4) is 6.07 Å². The number of hydrogen-bond acceptors (Lipinski definition) is 1. The molecule has 0 atom stereocenters. The standard InChI is InChI=1S/C28H39N/c1-2-8-23-10-14-25(15-11-23)27-18-20-28(21-19-27)26-16-12-24(13-17-26)9-6-4-3-5-7-22-29/h3-5,7,10-11,14-15,24,26-28H,2,6,8-9,12-13,16-21H2,1H3/t24-,26-,27-,28-. The molecular weight excluding hydrogens is 350 g/mol. The predicted octanol–water partition coefficient (Wildman–Crippen LogP) is 8.14. The highest BCUT2D eigenvalue weighted by atomic mass is 14.4. The Bertz CT molecular complexity index is 674. The van der Waals surface area contributed by atoms with Gasteiger partial charge < -0.3 is 0 Å². The second-order valence-electron chi connectivity index (χ2n) is 9.38. The van der Waals surface area contributed by atoms with Crippen LogP contribution in [0, 0.1) is 29.1 Å². The second kappa shape index (κ2) is 12.0. The third-order valence-corrected chi connectivity index (χ3v) is 7.48. The molecule has 0 saturated heterocycles. The van der Waals surface area contributed by atoms with Crippen molar-refractivity contribution in [3.05, 3.63) is 59.7 Å². The van der Waals surface area contributed by atoms with Crippen LogP contribution in [0.5, 0.6) is 0 Å². The van der Waals surface area contributed by atoms with E-state index in [0.717, 1.165) is 30.1 Å². The van der Waals surface area contributed by atoms with Gasteiger partial charge in [-0.05, 0) is 92.6 Å². The molecule has 29 heavy (non-hydrogen) atoms. The molecule has 1 nitrogen and oxygen atoms in total. The number of aryl methyl sites for hydroxylation is 1. The molecule has 0 unspecified atom stereocenters. The third kappa shape index (κ3) is 6.88. The van der Waals surface area contributed by atoms with Gasteiger partial charge in [0, 0.05) is 6.08 Å². The lowest BCUT2D eigenvalue weighted by Gasteiger charge is -2.38. The van der Waals surface area contributed by atoms with Crippen molar-refractivity contribution in [2.75, 3.05) is 0 Å².